The Hall–Kier alpha value is -0.0900. The number of sulfone groups is 1. The van der Waals surface area contributed by atoms with Crippen LogP contribution in [0.1, 0.15) is 40.0 Å². The Balaban J connectivity index is 3.82. The molecule has 0 aliphatic heterocycles. The average molecular weight is 221 g/mol. The van der Waals surface area contributed by atoms with E-state index >= 15 is 0 Å². The third kappa shape index (κ3) is 7.33. The second-order valence-electron chi connectivity index (χ2n) is 3.78. The summed E-state index contributed by atoms with van der Waals surface area (Å²) >= 11 is 0. The largest absolute Gasteiger partial charge is 0.314 e. The van der Waals surface area contributed by atoms with Crippen molar-refractivity contribution in [1.82, 2.24) is 5.32 Å². The highest BCUT2D eigenvalue weighted by Gasteiger charge is 2.14. The molecular weight excluding hydrogens is 198 g/mol. The lowest BCUT2D eigenvalue weighted by Crippen LogP contribution is -2.33. The van der Waals surface area contributed by atoms with Gasteiger partial charge in [0, 0.05) is 6.04 Å². The molecule has 0 heterocycles. The quantitative estimate of drug-likeness (QED) is 0.633. The van der Waals surface area contributed by atoms with Gasteiger partial charge in [-0.3, -0.25) is 0 Å². The van der Waals surface area contributed by atoms with Crippen molar-refractivity contribution in [2.75, 3.05) is 18.1 Å². The Bertz CT molecular complexity index is 224. The van der Waals surface area contributed by atoms with Crippen LogP contribution in [0.5, 0.6) is 0 Å². The van der Waals surface area contributed by atoms with E-state index in [2.05, 4.69) is 12.2 Å². The van der Waals surface area contributed by atoms with Crippen molar-refractivity contribution in [2.45, 2.75) is 46.1 Å². The zero-order valence-corrected chi connectivity index (χ0v) is 10.4. The third-order valence-corrected chi connectivity index (χ3v) is 4.03. The van der Waals surface area contributed by atoms with Crippen LogP contribution in [-0.2, 0) is 9.84 Å². The van der Waals surface area contributed by atoms with Gasteiger partial charge in [0.05, 0.1) is 11.5 Å². The zero-order valence-electron chi connectivity index (χ0n) is 9.54. The van der Waals surface area contributed by atoms with Crippen molar-refractivity contribution < 1.29 is 8.42 Å². The van der Waals surface area contributed by atoms with Gasteiger partial charge in [0.25, 0.3) is 0 Å². The van der Waals surface area contributed by atoms with Gasteiger partial charge in [0.2, 0.25) is 0 Å². The van der Waals surface area contributed by atoms with Gasteiger partial charge in [-0.15, -0.1) is 0 Å². The minimum atomic E-state index is -2.84. The summed E-state index contributed by atoms with van der Waals surface area (Å²) in [6.07, 6.45) is 2.88. The summed E-state index contributed by atoms with van der Waals surface area (Å²) in [6.45, 7) is 6.81. The van der Waals surface area contributed by atoms with E-state index in [0.29, 0.717) is 5.75 Å². The molecule has 0 saturated carbocycles. The van der Waals surface area contributed by atoms with Gasteiger partial charge < -0.3 is 5.32 Å². The van der Waals surface area contributed by atoms with Crippen LogP contribution in [-0.4, -0.2) is 32.5 Å². The van der Waals surface area contributed by atoms with E-state index in [-0.39, 0.29) is 11.8 Å². The van der Waals surface area contributed by atoms with E-state index in [1.54, 1.807) is 0 Å². The molecule has 0 aromatic carbocycles. The molecule has 0 radical (unpaired) electrons. The molecule has 86 valence electrons. The van der Waals surface area contributed by atoms with Crippen molar-refractivity contribution in [3.63, 3.8) is 0 Å². The zero-order chi connectivity index (χ0) is 11.0. The highest BCUT2D eigenvalue weighted by molar-refractivity contribution is 7.91. The van der Waals surface area contributed by atoms with Crippen LogP contribution in [0.4, 0.5) is 0 Å². The minimum Gasteiger partial charge on any atom is -0.314 e. The van der Waals surface area contributed by atoms with Crippen LogP contribution < -0.4 is 5.32 Å². The predicted octanol–water partition coefficient (Wildman–Crippen LogP) is 1.59. The lowest BCUT2D eigenvalue weighted by Gasteiger charge is -2.12. The summed E-state index contributed by atoms with van der Waals surface area (Å²) in [4.78, 5) is 0. The normalized spacial score (nSPS) is 14.2. The van der Waals surface area contributed by atoms with E-state index in [1.807, 2.05) is 13.8 Å². The van der Waals surface area contributed by atoms with Gasteiger partial charge in [-0.1, -0.05) is 26.7 Å². The lowest BCUT2D eigenvalue weighted by atomic mass is 10.3. The van der Waals surface area contributed by atoms with Gasteiger partial charge in [-0.25, -0.2) is 8.42 Å². The van der Waals surface area contributed by atoms with E-state index in [9.17, 15) is 8.42 Å². The summed E-state index contributed by atoms with van der Waals surface area (Å²) in [6, 6.07) is 0.0756. The maximum atomic E-state index is 11.6. The average Bonchev–Trinajstić information content (AvgIpc) is 2.03. The second kappa shape index (κ2) is 7.23. The topological polar surface area (TPSA) is 46.2 Å². The van der Waals surface area contributed by atoms with Crippen molar-refractivity contribution in [3.05, 3.63) is 0 Å². The van der Waals surface area contributed by atoms with Gasteiger partial charge in [-0.2, -0.15) is 0 Å². The summed E-state index contributed by atoms with van der Waals surface area (Å²) in [5, 5.41) is 3.11. The van der Waals surface area contributed by atoms with Gasteiger partial charge in [0.1, 0.15) is 0 Å². The lowest BCUT2D eigenvalue weighted by molar-refractivity contribution is 0.563. The van der Waals surface area contributed by atoms with Crippen LogP contribution in [0.2, 0.25) is 0 Å². The molecule has 0 amide bonds. The Labute approximate surface area is 88.2 Å². The Morgan fingerprint density at radius 2 is 1.86 bits per heavy atom. The predicted molar refractivity (Wildman–Crippen MR) is 61.3 cm³/mol. The second-order valence-corrected chi connectivity index (χ2v) is 6.01. The number of hydrogen-bond acceptors (Lipinski definition) is 3. The number of unbranched alkanes of at least 4 members (excludes halogenated alkanes) is 2. The molecule has 0 aromatic heterocycles. The van der Waals surface area contributed by atoms with E-state index < -0.39 is 9.84 Å². The smallest absolute Gasteiger partial charge is 0.151 e. The van der Waals surface area contributed by atoms with E-state index in [1.165, 1.54) is 0 Å². The Kier molecular flexibility index (Phi) is 7.19. The molecule has 0 aliphatic carbocycles. The SMILES string of the molecule is CCCCCS(=O)(=O)CC(C)NCC. The van der Waals surface area contributed by atoms with Crippen molar-refractivity contribution in [3.8, 4) is 0 Å². The van der Waals surface area contributed by atoms with Crippen molar-refractivity contribution in [2.24, 2.45) is 0 Å². The number of nitrogens with one attached hydrogen (secondary N) is 1. The monoisotopic (exact) mass is 221 g/mol. The maximum Gasteiger partial charge on any atom is 0.151 e. The highest BCUT2D eigenvalue weighted by Crippen LogP contribution is 2.01. The molecule has 3 nitrogen and oxygen atoms in total. The molecule has 0 bridgehead atoms. The number of hydrogen-bond donors (Lipinski definition) is 1. The van der Waals surface area contributed by atoms with Crippen LogP contribution >= 0.6 is 0 Å². The molecule has 0 fully saturated rings. The van der Waals surface area contributed by atoms with Crippen LogP contribution in [0.15, 0.2) is 0 Å². The molecule has 0 spiro atoms. The Morgan fingerprint density at radius 3 is 2.36 bits per heavy atom. The summed E-state index contributed by atoms with van der Waals surface area (Å²) in [7, 11) is -2.84. The highest BCUT2D eigenvalue weighted by atomic mass is 32.2. The van der Waals surface area contributed by atoms with Gasteiger partial charge >= 0.3 is 0 Å². The molecule has 1 N–H and O–H groups in total. The fraction of sp³-hybridized carbons (Fsp3) is 1.00. The summed E-state index contributed by atoms with van der Waals surface area (Å²) in [5.41, 5.74) is 0. The van der Waals surface area contributed by atoms with Gasteiger partial charge in [0.15, 0.2) is 9.84 Å². The fourth-order valence-electron chi connectivity index (χ4n) is 1.44. The van der Waals surface area contributed by atoms with E-state index in [0.717, 1.165) is 25.8 Å². The number of rotatable bonds is 8. The maximum absolute atomic E-state index is 11.6. The first-order chi connectivity index (χ1) is 6.52. The van der Waals surface area contributed by atoms with Crippen LogP contribution in [0.25, 0.3) is 0 Å². The fourth-order valence-corrected chi connectivity index (χ4v) is 3.13. The summed E-state index contributed by atoms with van der Waals surface area (Å²) in [5.74, 6) is 0.612. The van der Waals surface area contributed by atoms with E-state index in [4.69, 9.17) is 0 Å². The first-order valence-electron chi connectivity index (χ1n) is 5.45. The molecule has 14 heavy (non-hydrogen) atoms. The first-order valence-corrected chi connectivity index (χ1v) is 7.27. The molecular formula is C10H23NO2S. The molecule has 0 rings (SSSR count). The standard InChI is InChI=1S/C10H23NO2S/c1-4-6-7-8-14(12,13)9-10(3)11-5-2/h10-11H,4-9H2,1-3H3. The molecule has 4 heteroatoms. The van der Waals surface area contributed by atoms with Gasteiger partial charge in [-0.05, 0) is 19.9 Å². The molecule has 0 saturated heterocycles. The Morgan fingerprint density at radius 1 is 1.21 bits per heavy atom. The molecule has 0 aliphatic rings. The molecule has 0 aromatic rings. The molecule has 1 unspecified atom stereocenters. The van der Waals surface area contributed by atoms with Crippen molar-refractivity contribution >= 4 is 9.84 Å². The summed E-state index contributed by atoms with van der Waals surface area (Å²) < 4.78 is 23.1. The van der Waals surface area contributed by atoms with Crippen molar-refractivity contribution in [1.29, 1.82) is 0 Å². The van der Waals surface area contributed by atoms with Crippen LogP contribution in [0.3, 0.4) is 0 Å². The third-order valence-electron chi connectivity index (χ3n) is 2.12. The van der Waals surface area contributed by atoms with Crippen LogP contribution in [0, 0.1) is 0 Å². The molecule has 1 atom stereocenters. The first kappa shape index (κ1) is 13.9. The minimum absolute atomic E-state index is 0.0756.